The number of carbonyl (C=O) groups is 1. The summed E-state index contributed by atoms with van der Waals surface area (Å²) in [6, 6.07) is -0.938. The second-order valence-corrected chi connectivity index (χ2v) is 8.74. The summed E-state index contributed by atoms with van der Waals surface area (Å²) in [4.78, 5) is 15.6. The van der Waals surface area contributed by atoms with Crippen molar-refractivity contribution in [3.63, 3.8) is 0 Å². The van der Waals surface area contributed by atoms with Gasteiger partial charge in [0.05, 0.1) is 0 Å². The Balaban J connectivity index is 2.55. The van der Waals surface area contributed by atoms with Crippen LogP contribution in [0, 0.1) is 11.8 Å². The van der Waals surface area contributed by atoms with Gasteiger partial charge in [0.25, 0.3) is 0 Å². The highest BCUT2D eigenvalue weighted by Gasteiger charge is 2.54. The largest absolute Gasteiger partial charge is 0.471 e. The molecule has 158 valence electrons. The molecule has 0 saturated heterocycles. The van der Waals surface area contributed by atoms with Crippen LogP contribution < -0.4 is 10.2 Å². The molecule has 0 radical (unpaired) electrons. The first-order valence-electron chi connectivity index (χ1n) is 7.61. The number of halogens is 5. The number of alkyl halides is 5. The van der Waals surface area contributed by atoms with E-state index in [1.54, 1.807) is 0 Å². The van der Waals surface area contributed by atoms with Crippen molar-refractivity contribution < 1.29 is 44.5 Å². The van der Waals surface area contributed by atoms with E-state index < -0.39 is 44.8 Å². The van der Waals surface area contributed by atoms with Crippen molar-refractivity contribution >= 4 is 28.0 Å². The molecule has 0 spiro atoms. The number of carbonyl (C=O) groups excluding carboxylic acids is 1. The van der Waals surface area contributed by atoms with E-state index in [1.807, 2.05) is 5.32 Å². The van der Waals surface area contributed by atoms with E-state index >= 15 is 0 Å². The number of nitrogens with one attached hydrogen (secondary N) is 2. The maximum atomic E-state index is 13.8. The predicted octanol–water partition coefficient (Wildman–Crippen LogP) is 3.03. The van der Waals surface area contributed by atoms with E-state index in [0.29, 0.717) is 28.7 Å². The molecule has 0 aromatic carbocycles. The minimum absolute atomic E-state index is 0.328. The standard InChI is InChI=1S/C13H19F5N2O5S2/c1-7-4-10(5-7)6-8(2)9(3)19-11(21)12(14,15)27(22,23)20-24-25-26-13(16,17)18/h7,9-10,20H,2,4-6H2,1,3H3,(H,19,21). The van der Waals surface area contributed by atoms with Gasteiger partial charge in [-0.15, -0.1) is 9.32 Å². The van der Waals surface area contributed by atoms with Gasteiger partial charge in [-0.2, -0.15) is 22.0 Å². The topological polar surface area (TPSA) is 93.7 Å². The molecular weight excluding hydrogens is 423 g/mol. The molecule has 1 aliphatic rings. The molecule has 1 amide bonds. The fourth-order valence-corrected chi connectivity index (χ4v) is 3.17. The zero-order chi connectivity index (χ0) is 21.0. The van der Waals surface area contributed by atoms with Gasteiger partial charge in [-0.25, -0.2) is 8.42 Å². The lowest BCUT2D eigenvalue weighted by Gasteiger charge is -2.34. The van der Waals surface area contributed by atoms with E-state index in [0.717, 1.165) is 12.8 Å². The molecule has 0 heterocycles. The van der Waals surface area contributed by atoms with Gasteiger partial charge in [0.15, 0.2) is 0 Å². The number of rotatable bonds is 10. The maximum absolute atomic E-state index is 13.8. The summed E-state index contributed by atoms with van der Waals surface area (Å²) in [5.41, 5.74) is -4.51. The van der Waals surface area contributed by atoms with E-state index in [-0.39, 0.29) is 0 Å². The van der Waals surface area contributed by atoms with Gasteiger partial charge in [0.1, 0.15) is 12.0 Å². The Bertz CT molecular complexity index is 650. The van der Waals surface area contributed by atoms with Crippen LogP contribution in [0.1, 0.15) is 33.1 Å². The molecule has 7 nitrogen and oxygen atoms in total. The van der Waals surface area contributed by atoms with Crippen LogP contribution in [0.4, 0.5) is 22.0 Å². The summed E-state index contributed by atoms with van der Waals surface area (Å²) in [5.74, 6) is -1.29. The highest BCUT2D eigenvalue weighted by atomic mass is 32.2. The quantitative estimate of drug-likeness (QED) is 0.135. The molecule has 0 bridgehead atoms. The van der Waals surface area contributed by atoms with Crippen LogP contribution in [-0.2, 0) is 24.1 Å². The Morgan fingerprint density at radius 2 is 1.85 bits per heavy atom. The fraction of sp³-hybridized carbons (Fsp3) is 0.769. The minimum atomic E-state index is -5.82. The van der Waals surface area contributed by atoms with E-state index in [1.165, 1.54) is 6.92 Å². The zero-order valence-corrected chi connectivity index (χ0v) is 15.9. The highest BCUT2D eigenvalue weighted by molar-refractivity contribution is 7.95. The first-order valence-corrected chi connectivity index (χ1v) is 9.84. The van der Waals surface area contributed by atoms with Crippen LogP contribution in [0.15, 0.2) is 12.2 Å². The number of hydrogen-bond acceptors (Lipinski definition) is 6. The molecule has 14 heteroatoms. The van der Waals surface area contributed by atoms with Crippen LogP contribution in [0.25, 0.3) is 0 Å². The summed E-state index contributed by atoms with van der Waals surface area (Å²) < 4.78 is 89.0. The molecule has 27 heavy (non-hydrogen) atoms. The highest BCUT2D eigenvalue weighted by Crippen LogP contribution is 2.37. The zero-order valence-electron chi connectivity index (χ0n) is 14.3. The van der Waals surface area contributed by atoms with E-state index in [2.05, 4.69) is 22.8 Å². The van der Waals surface area contributed by atoms with Gasteiger partial charge >= 0.3 is 26.7 Å². The summed E-state index contributed by atoms with van der Waals surface area (Å²) in [6.07, 6.45) is 2.39. The van der Waals surface area contributed by atoms with Crippen LogP contribution in [0.3, 0.4) is 0 Å². The van der Waals surface area contributed by atoms with Crippen LogP contribution in [0.5, 0.6) is 0 Å². The predicted molar refractivity (Wildman–Crippen MR) is 86.1 cm³/mol. The van der Waals surface area contributed by atoms with Crippen molar-refractivity contribution in [1.82, 2.24) is 10.2 Å². The average molecular weight is 442 g/mol. The molecular formula is C13H19F5N2O5S2. The monoisotopic (exact) mass is 442 g/mol. The molecule has 1 atom stereocenters. The third-order valence-electron chi connectivity index (χ3n) is 3.89. The fourth-order valence-electron chi connectivity index (χ4n) is 2.45. The van der Waals surface area contributed by atoms with Crippen molar-refractivity contribution in [3.8, 4) is 0 Å². The van der Waals surface area contributed by atoms with Crippen LogP contribution in [-0.4, -0.2) is 31.1 Å². The first kappa shape index (κ1) is 24.1. The Labute approximate surface area is 157 Å². The van der Waals surface area contributed by atoms with Crippen molar-refractivity contribution in [2.45, 2.75) is 49.9 Å². The summed E-state index contributed by atoms with van der Waals surface area (Å²) >= 11 is -1.29. The molecule has 1 rings (SSSR count). The Morgan fingerprint density at radius 1 is 1.30 bits per heavy atom. The maximum Gasteiger partial charge on any atom is 0.471 e. The Hall–Kier alpha value is -0.960. The lowest BCUT2D eigenvalue weighted by atomic mass is 9.73. The third-order valence-corrected chi connectivity index (χ3v) is 5.36. The molecule has 0 aromatic heterocycles. The summed E-state index contributed by atoms with van der Waals surface area (Å²) in [6.45, 7) is 7.12. The third kappa shape index (κ3) is 7.18. The van der Waals surface area contributed by atoms with Gasteiger partial charge in [-0.05, 0) is 38.0 Å². The van der Waals surface area contributed by atoms with Crippen LogP contribution >= 0.6 is 12.0 Å². The molecule has 1 fully saturated rings. The molecule has 1 aliphatic carbocycles. The van der Waals surface area contributed by atoms with Crippen LogP contribution in [0.2, 0.25) is 0 Å². The Morgan fingerprint density at radius 3 is 2.33 bits per heavy atom. The van der Waals surface area contributed by atoms with Gasteiger partial charge in [0.2, 0.25) is 0 Å². The first-order chi connectivity index (χ1) is 12.2. The number of amides is 1. The normalized spacial score (nSPS) is 22.0. The minimum Gasteiger partial charge on any atom is -0.344 e. The molecule has 0 aromatic rings. The summed E-state index contributed by atoms with van der Waals surface area (Å²) in [7, 11) is -5.82. The number of sulfonamides is 1. The van der Waals surface area contributed by atoms with Crippen molar-refractivity contribution in [2.75, 3.05) is 0 Å². The van der Waals surface area contributed by atoms with Gasteiger partial charge in [-0.3, -0.25) is 4.79 Å². The SMILES string of the molecule is C=C(CC1CC(C)C1)C(C)NC(=O)C(F)(F)S(=O)(=O)NOOSC(F)(F)F. The van der Waals surface area contributed by atoms with E-state index in [4.69, 9.17) is 0 Å². The van der Waals surface area contributed by atoms with Gasteiger partial charge in [0, 0.05) is 6.04 Å². The van der Waals surface area contributed by atoms with Gasteiger partial charge < -0.3 is 5.32 Å². The van der Waals surface area contributed by atoms with E-state index in [9.17, 15) is 35.2 Å². The molecule has 0 aliphatic heterocycles. The van der Waals surface area contributed by atoms with Gasteiger partial charge in [-0.1, -0.05) is 24.0 Å². The molecule has 1 saturated carbocycles. The average Bonchev–Trinajstić information content (AvgIpc) is 2.48. The summed E-state index contributed by atoms with van der Waals surface area (Å²) in [5, 5.41) is -3.21. The van der Waals surface area contributed by atoms with Crippen molar-refractivity contribution in [2.24, 2.45) is 11.8 Å². The lowest BCUT2D eigenvalue weighted by molar-refractivity contribution is -0.228. The Kier molecular flexibility index (Phi) is 8.05. The smallest absolute Gasteiger partial charge is 0.344 e. The molecule has 1 unspecified atom stereocenters. The number of hydrogen-bond donors (Lipinski definition) is 2. The van der Waals surface area contributed by atoms with Crippen molar-refractivity contribution in [1.29, 1.82) is 0 Å². The second-order valence-electron chi connectivity index (χ2n) is 6.28. The lowest BCUT2D eigenvalue weighted by Crippen LogP contribution is -2.52. The second kappa shape index (κ2) is 9.03. The molecule has 2 N–H and O–H groups in total. The van der Waals surface area contributed by atoms with Crippen molar-refractivity contribution in [3.05, 3.63) is 12.2 Å².